The van der Waals surface area contributed by atoms with Crippen molar-refractivity contribution in [2.45, 2.75) is 0 Å². The third-order valence-electron chi connectivity index (χ3n) is 3.27. The lowest BCUT2D eigenvalue weighted by molar-refractivity contribution is 0.0989. The number of H-pyrrole nitrogens is 1. The van der Waals surface area contributed by atoms with Gasteiger partial charge >= 0.3 is 0 Å². The van der Waals surface area contributed by atoms with Crippen molar-refractivity contribution in [3.63, 3.8) is 0 Å². The molecule has 0 spiro atoms. The molecular weight excluding hydrogens is 293 g/mol. The van der Waals surface area contributed by atoms with Crippen LogP contribution in [0.2, 0.25) is 5.02 Å². The summed E-state index contributed by atoms with van der Waals surface area (Å²) in [5.41, 5.74) is 2.08. The summed E-state index contributed by atoms with van der Waals surface area (Å²) in [6.07, 6.45) is 1.57. The first-order valence-corrected chi connectivity index (χ1v) is 6.61. The first-order valence-electron chi connectivity index (χ1n) is 6.23. The molecule has 106 valence electrons. The van der Waals surface area contributed by atoms with Crippen molar-refractivity contribution in [1.29, 1.82) is 0 Å². The number of nitrogens with one attached hydrogen (secondary N) is 1. The van der Waals surface area contributed by atoms with E-state index in [0.29, 0.717) is 5.69 Å². The topological polar surface area (TPSA) is 49.0 Å². The molecule has 0 unspecified atom stereocenters. The summed E-state index contributed by atoms with van der Waals surface area (Å²) in [7, 11) is 1.57. The van der Waals surface area contributed by atoms with E-state index in [4.69, 9.17) is 11.6 Å². The number of nitrogens with zero attached hydrogens (tertiary/aromatic N) is 2. The summed E-state index contributed by atoms with van der Waals surface area (Å²) < 4.78 is 13.8. The predicted octanol–water partition coefficient (Wildman–Crippen LogP) is 3.63. The molecule has 0 radical (unpaired) electrons. The van der Waals surface area contributed by atoms with Crippen LogP contribution in [0.3, 0.4) is 0 Å². The van der Waals surface area contributed by atoms with E-state index in [2.05, 4.69) is 9.97 Å². The van der Waals surface area contributed by atoms with Crippen LogP contribution in [-0.2, 0) is 0 Å². The highest BCUT2D eigenvalue weighted by Crippen LogP contribution is 2.24. The van der Waals surface area contributed by atoms with Gasteiger partial charge in [0.25, 0.3) is 5.91 Å². The standard InChI is InChI=1S/C15H11ClFN3O/c1-20(9-5-6-12-13(7-9)19-8-18-12)15(21)14-10(16)3-2-4-11(14)17/h2-8H,1H3,(H,18,19). The molecule has 1 N–H and O–H groups in total. The molecule has 1 heterocycles. The van der Waals surface area contributed by atoms with Crippen LogP contribution < -0.4 is 4.90 Å². The number of carbonyl (C=O) groups excluding carboxylic acids is 1. The van der Waals surface area contributed by atoms with Crippen molar-refractivity contribution in [2.75, 3.05) is 11.9 Å². The van der Waals surface area contributed by atoms with E-state index >= 15 is 0 Å². The minimum absolute atomic E-state index is 0.0921. The van der Waals surface area contributed by atoms with Crippen LogP contribution in [-0.4, -0.2) is 22.9 Å². The van der Waals surface area contributed by atoms with Crippen LogP contribution in [0.5, 0.6) is 0 Å². The van der Waals surface area contributed by atoms with E-state index in [0.717, 1.165) is 11.0 Å². The molecule has 0 saturated carbocycles. The highest BCUT2D eigenvalue weighted by Gasteiger charge is 2.20. The first-order chi connectivity index (χ1) is 10.1. The number of rotatable bonds is 2. The zero-order valence-electron chi connectivity index (χ0n) is 11.1. The number of aromatic nitrogens is 2. The molecule has 0 saturated heterocycles. The molecule has 0 bridgehead atoms. The second-order valence-electron chi connectivity index (χ2n) is 4.56. The lowest BCUT2D eigenvalue weighted by Crippen LogP contribution is -2.27. The Labute approximate surface area is 125 Å². The minimum atomic E-state index is -0.637. The lowest BCUT2D eigenvalue weighted by atomic mass is 10.1. The van der Waals surface area contributed by atoms with Crippen LogP contribution >= 0.6 is 11.6 Å². The number of benzene rings is 2. The molecule has 1 aromatic heterocycles. The van der Waals surface area contributed by atoms with Crippen LogP contribution in [0.15, 0.2) is 42.7 Å². The number of imidazole rings is 1. The minimum Gasteiger partial charge on any atom is -0.345 e. The van der Waals surface area contributed by atoms with Crippen molar-refractivity contribution >= 4 is 34.2 Å². The van der Waals surface area contributed by atoms with Gasteiger partial charge in [-0.2, -0.15) is 0 Å². The van der Waals surface area contributed by atoms with E-state index < -0.39 is 11.7 Å². The maximum absolute atomic E-state index is 13.8. The molecule has 2 aromatic carbocycles. The monoisotopic (exact) mass is 303 g/mol. The summed E-state index contributed by atoms with van der Waals surface area (Å²) in [6.45, 7) is 0. The van der Waals surface area contributed by atoms with Crippen LogP contribution in [0.1, 0.15) is 10.4 Å². The van der Waals surface area contributed by atoms with Gasteiger partial charge in [0, 0.05) is 12.7 Å². The molecule has 0 aliphatic heterocycles. The Balaban J connectivity index is 2.00. The third kappa shape index (κ3) is 2.36. The van der Waals surface area contributed by atoms with E-state index in [-0.39, 0.29) is 10.6 Å². The number of aromatic amines is 1. The second kappa shape index (κ2) is 5.18. The van der Waals surface area contributed by atoms with E-state index in [1.54, 1.807) is 31.6 Å². The van der Waals surface area contributed by atoms with Crippen molar-refractivity contribution in [3.8, 4) is 0 Å². The Bertz CT molecular complexity index is 810. The molecule has 0 aliphatic carbocycles. The van der Waals surface area contributed by atoms with Gasteiger partial charge in [0.15, 0.2) is 0 Å². The number of halogens is 2. The number of hydrogen-bond acceptors (Lipinski definition) is 2. The van der Waals surface area contributed by atoms with Crippen molar-refractivity contribution in [3.05, 3.63) is 59.1 Å². The quantitative estimate of drug-likeness (QED) is 0.786. The smallest absolute Gasteiger partial charge is 0.262 e. The van der Waals surface area contributed by atoms with Gasteiger partial charge in [-0.15, -0.1) is 0 Å². The zero-order chi connectivity index (χ0) is 15.0. The molecule has 6 heteroatoms. The second-order valence-corrected chi connectivity index (χ2v) is 4.97. The summed E-state index contributed by atoms with van der Waals surface area (Å²) in [5, 5.41) is 0.0921. The number of amides is 1. The number of carbonyl (C=O) groups is 1. The number of anilines is 1. The summed E-state index contributed by atoms with van der Waals surface area (Å²) >= 11 is 5.93. The highest BCUT2D eigenvalue weighted by atomic mass is 35.5. The lowest BCUT2D eigenvalue weighted by Gasteiger charge is -2.18. The van der Waals surface area contributed by atoms with Gasteiger partial charge < -0.3 is 9.88 Å². The zero-order valence-corrected chi connectivity index (χ0v) is 11.9. The maximum atomic E-state index is 13.8. The molecule has 0 fully saturated rings. The first kappa shape index (κ1) is 13.6. The van der Waals surface area contributed by atoms with Gasteiger partial charge in [0.05, 0.1) is 27.9 Å². The van der Waals surface area contributed by atoms with Crippen LogP contribution in [0, 0.1) is 5.82 Å². The van der Waals surface area contributed by atoms with E-state index in [9.17, 15) is 9.18 Å². The summed E-state index contributed by atoms with van der Waals surface area (Å²) in [4.78, 5) is 20.9. The van der Waals surface area contributed by atoms with Gasteiger partial charge in [0.2, 0.25) is 0 Å². The Kier molecular flexibility index (Phi) is 3.35. The molecule has 3 rings (SSSR count). The Hall–Kier alpha value is -2.40. The molecule has 0 atom stereocenters. The van der Waals surface area contributed by atoms with E-state index in [1.807, 2.05) is 0 Å². The van der Waals surface area contributed by atoms with Gasteiger partial charge in [0.1, 0.15) is 5.82 Å². The highest BCUT2D eigenvalue weighted by molar-refractivity contribution is 6.34. The van der Waals surface area contributed by atoms with Gasteiger partial charge in [-0.25, -0.2) is 9.37 Å². The van der Waals surface area contributed by atoms with Crippen LogP contribution in [0.4, 0.5) is 10.1 Å². The van der Waals surface area contributed by atoms with Gasteiger partial charge in [-0.05, 0) is 30.3 Å². The third-order valence-corrected chi connectivity index (χ3v) is 3.59. The van der Waals surface area contributed by atoms with Crippen molar-refractivity contribution in [2.24, 2.45) is 0 Å². The van der Waals surface area contributed by atoms with E-state index in [1.165, 1.54) is 23.1 Å². The fraction of sp³-hybridized carbons (Fsp3) is 0.0667. The fourth-order valence-electron chi connectivity index (χ4n) is 2.12. The average Bonchev–Trinajstić information content (AvgIpc) is 2.93. The number of hydrogen-bond donors (Lipinski definition) is 1. The molecule has 4 nitrogen and oxygen atoms in total. The average molecular weight is 304 g/mol. The van der Waals surface area contributed by atoms with Gasteiger partial charge in [-0.3, -0.25) is 4.79 Å². The maximum Gasteiger partial charge on any atom is 0.262 e. The van der Waals surface area contributed by atoms with Gasteiger partial charge in [-0.1, -0.05) is 17.7 Å². The fourth-order valence-corrected chi connectivity index (χ4v) is 2.36. The normalized spacial score (nSPS) is 10.8. The molecule has 3 aromatic rings. The summed E-state index contributed by atoms with van der Waals surface area (Å²) in [6, 6.07) is 9.47. The molecular formula is C15H11ClFN3O. The largest absolute Gasteiger partial charge is 0.345 e. The molecule has 0 aliphatic rings. The Morgan fingerprint density at radius 3 is 2.90 bits per heavy atom. The van der Waals surface area contributed by atoms with Crippen molar-refractivity contribution < 1.29 is 9.18 Å². The summed E-state index contributed by atoms with van der Waals surface area (Å²) in [5.74, 6) is -1.14. The number of fused-ring (bicyclic) bond motifs is 1. The molecule has 21 heavy (non-hydrogen) atoms. The van der Waals surface area contributed by atoms with Crippen LogP contribution in [0.25, 0.3) is 11.0 Å². The Morgan fingerprint density at radius 2 is 2.14 bits per heavy atom. The van der Waals surface area contributed by atoms with Crippen molar-refractivity contribution in [1.82, 2.24) is 9.97 Å². The SMILES string of the molecule is CN(C(=O)c1c(F)cccc1Cl)c1ccc2nc[nH]c2c1. The Morgan fingerprint density at radius 1 is 1.33 bits per heavy atom. The predicted molar refractivity (Wildman–Crippen MR) is 80.2 cm³/mol. The molecule has 1 amide bonds.